The highest BCUT2D eigenvalue weighted by atomic mass is 16.5. The van der Waals surface area contributed by atoms with E-state index >= 15 is 0 Å². The number of fused-ring (bicyclic) bond motifs is 5. The predicted molar refractivity (Wildman–Crippen MR) is 99.4 cm³/mol. The topological polar surface area (TPSA) is 30.9 Å². The summed E-state index contributed by atoms with van der Waals surface area (Å²) in [7, 11) is 0. The second kappa shape index (κ2) is 6.06. The third kappa shape index (κ3) is 2.25. The van der Waals surface area contributed by atoms with E-state index in [0.717, 1.165) is 25.1 Å². The fraction of sp³-hybridized carbons (Fsp3) is 0.364. The molecule has 2 atom stereocenters. The molecule has 2 aliphatic rings. The van der Waals surface area contributed by atoms with Gasteiger partial charge in [-0.1, -0.05) is 61.0 Å². The Labute approximate surface area is 154 Å². The highest BCUT2D eigenvalue weighted by Gasteiger charge is 2.43. The van der Waals surface area contributed by atoms with Gasteiger partial charge in [0.25, 0.3) is 0 Å². The maximum atomic E-state index is 6.18. The number of aromatic nitrogens is 3. The largest absolute Gasteiger partial charge is 0.363 e. The molecule has 0 amide bonds. The number of rotatable bonds is 3. The molecule has 0 unspecified atom stereocenters. The molecule has 2 heterocycles. The van der Waals surface area contributed by atoms with Crippen LogP contribution in [-0.2, 0) is 30.6 Å². The molecule has 132 valence electrons. The van der Waals surface area contributed by atoms with Gasteiger partial charge in [0.15, 0.2) is 0 Å². The summed E-state index contributed by atoms with van der Waals surface area (Å²) in [6.45, 7) is 5.00. The standard InChI is InChI=1S/C22H24N3O/c1-3-15-9-7-10-16(4-2)21(15)25-14-24-20(23-25)13-26-19-12-17-8-5-6-11-18(17)22(19)24/h5-11,14,19,22H,3-4,12-13H2,1-2H3/q+1/t19-,22+/m0/s1. The van der Waals surface area contributed by atoms with Gasteiger partial charge in [-0.15, -0.1) is 0 Å². The molecule has 2 aromatic carbocycles. The van der Waals surface area contributed by atoms with Crippen LogP contribution in [-0.4, -0.2) is 15.9 Å². The van der Waals surface area contributed by atoms with Crippen molar-refractivity contribution in [2.24, 2.45) is 0 Å². The van der Waals surface area contributed by atoms with Crippen LogP contribution in [0.5, 0.6) is 0 Å². The molecule has 0 radical (unpaired) electrons. The number of para-hydroxylation sites is 1. The fourth-order valence-corrected chi connectivity index (χ4v) is 4.54. The average molecular weight is 346 g/mol. The van der Waals surface area contributed by atoms with Crippen LogP contribution in [0.2, 0.25) is 0 Å². The van der Waals surface area contributed by atoms with Crippen LogP contribution in [0.25, 0.3) is 5.69 Å². The summed E-state index contributed by atoms with van der Waals surface area (Å²) in [5, 5.41) is 4.93. The first-order valence-electron chi connectivity index (χ1n) is 9.60. The van der Waals surface area contributed by atoms with Crippen molar-refractivity contribution in [2.75, 3.05) is 0 Å². The first-order valence-corrected chi connectivity index (χ1v) is 9.60. The van der Waals surface area contributed by atoms with Crippen molar-refractivity contribution in [1.29, 1.82) is 0 Å². The Morgan fingerprint density at radius 2 is 1.85 bits per heavy atom. The Kier molecular flexibility index (Phi) is 3.68. The summed E-state index contributed by atoms with van der Waals surface area (Å²) >= 11 is 0. The Hall–Kier alpha value is -2.46. The van der Waals surface area contributed by atoms with Crippen LogP contribution in [0, 0.1) is 0 Å². The Balaban J connectivity index is 1.66. The maximum absolute atomic E-state index is 6.18. The van der Waals surface area contributed by atoms with Gasteiger partial charge in [-0.05, 0) is 35.1 Å². The number of hydrogen-bond donors (Lipinski definition) is 0. The quantitative estimate of drug-likeness (QED) is 0.681. The van der Waals surface area contributed by atoms with Gasteiger partial charge in [-0.3, -0.25) is 0 Å². The first kappa shape index (κ1) is 15.8. The van der Waals surface area contributed by atoms with Gasteiger partial charge in [-0.2, -0.15) is 0 Å². The molecule has 0 N–H and O–H groups in total. The van der Waals surface area contributed by atoms with Crippen molar-refractivity contribution in [2.45, 2.75) is 51.9 Å². The number of aryl methyl sites for hydroxylation is 2. The molecule has 5 rings (SSSR count). The second-order valence-electron chi connectivity index (χ2n) is 7.21. The minimum Gasteiger partial charge on any atom is -0.363 e. The molecule has 1 aromatic heterocycles. The van der Waals surface area contributed by atoms with Gasteiger partial charge in [0.05, 0.1) is 0 Å². The minimum atomic E-state index is 0.217. The van der Waals surface area contributed by atoms with Crippen molar-refractivity contribution in [1.82, 2.24) is 9.78 Å². The predicted octanol–water partition coefficient (Wildman–Crippen LogP) is 3.33. The molecule has 0 fully saturated rings. The van der Waals surface area contributed by atoms with Gasteiger partial charge >= 0.3 is 5.82 Å². The molecule has 0 saturated heterocycles. The lowest BCUT2D eigenvalue weighted by Gasteiger charge is -2.23. The molecule has 0 bridgehead atoms. The zero-order valence-electron chi connectivity index (χ0n) is 15.4. The van der Waals surface area contributed by atoms with E-state index in [4.69, 9.17) is 9.84 Å². The monoisotopic (exact) mass is 346 g/mol. The highest BCUT2D eigenvalue weighted by molar-refractivity contribution is 5.47. The molecular weight excluding hydrogens is 322 g/mol. The zero-order valence-corrected chi connectivity index (χ0v) is 15.4. The molecule has 3 aromatic rings. The fourth-order valence-electron chi connectivity index (χ4n) is 4.54. The average Bonchev–Trinajstić information content (AvgIpc) is 3.27. The van der Waals surface area contributed by atoms with E-state index in [0.29, 0.717) is 6.61 Å². The van der Waals surface area contributed by atoms with Gasteiger partial charge in [0.2, 0.25) is 6.33 Å². The van der Waals surface area contributed by atoms with E-state index in [2.05, 4.69) is 71.9 Å². The summed E-state index contributed by atoms with van der Waals surface area (Å²) in [5.74, 6) is 1.01. The van der Waals surface area contributed by atoms with Gasteiger partial charge in [0.1, 0.15) is 24.4 Å². The number of ether oxygens (including phenoxy) is 1. The molecular formula is C22H24N3O+. The summed E-state index contributed by atoms with van der Waals surface area (Å²) in [6.07, 6.45) is 5.40. The molecule has 1 aliphatic heterocycles. The molecule has 4 nitrogen and oxygen atoms in total. The second-order valence-corrected chi connectivity index (χ2v) is 7.21. The number of hydrogen-bond acceptors (Lipinski definition) is 2. The molecule has 1 aliphatic carbocycles. The number of nitrogens with zero attached hydrogens (tertiary/aromatic N) is 3. The lowest BCUT2D eigenvalue weighted by molar-refractivity contribution is -0.739. The summed E-state index contributed by atoms with van der Waals surface area (Å²) in [5.41, 5.74) is 6.70. The van der Waals surface area contributed by atoms with Crippen molar-refractivity contribution >= 4 is 0 Å². The first-order chi connectivity index (χ1) is 12.8. The van der Waals surface area contributed by atoms with Gasteiger partial charge in [-0.25, -0.2) is 4.57 Å². The van der Waals surface area contributed by atoms with Crippen LogP contribution in [0.4, 0.5) is 0 Å². The van der Waals surface area contributed by atoms with Crippen molar-refractivity contribution in [3.63, 3.8) is 0 Å². The third-order valence-corrected chi connectivity index (χ3v) is 5.82. The van der Waals surface area contributed by atoms with Gasteiger partial charge < -0.3 is 4.74 Å². The molecule has 4 heteroatoms. The molecule has 26 heavy (non-hydrogen) atoms. The summed E-state index contributed by atoms with van der Waals surface area (Å²) < 4.78 is 10.6. The lowest BCUT2D eigenvalue weighted by Crippen LogP contribution is -2.51. The van der Waals surface area contributed by atoms with E-state index < -0.39 is 0 Å². The zero-order chi connectivity index (χ0) is 17.7. The molecule has 0 spiro atoms. The van der Waals surface area contributed by atoms with E-state index in [-0.39, 0.29) is 12.1 Å². The maximum Gasteiger partial charge on any atom is 0.304 e. The van der Waals surface area contributed by atoms with E-state index in [1.165, 1.54) is 27.9 Å². The van der Waals surface area contributed by atoms with Crippen LogP contribution >= 0.6 is 0 Å². The Morgan fingerprint density at radius 3 is 2.62 bits per heavy atom. The van der Waals surface area contributed by atoms with Crippen molar-refractivity contribution in [3.8, 4) is 5.69 Å². The van der Waals surface area contributed by atoms with Crippen LogP contribution in [0.3, 0.4) is 0 Å². The van der Waals surface area contributed by atoms with Crippen molar-refractivity contribution < 1.29 is 9.30 Å². The highest BCUT2D eigenvalue weighted by Crippen LogP contribution is 2.35. The van der Waals surface area contributed by atoms with Crippen LogP contribution in [0.1, 0.15) is 48.0 Å². The Morgan fingerprint density at radius 1 is 1.08 bits per heavy atom. The normalized spacial score (nSPS) is 20.5. The minimum absolute atomic E-state index is 0.217. The van der Waals surface area contributed by atoms with Crippen LogP contribution < -0.4 is 4.57 Å². The summed E-state index contributed by atoms with van der Waals surface area (Å²) in [4.78, 5) is 0. The number of benzene rings is 2. The molecule has 0 saturated carbocycles. The van der Waals surface area contributed by atoms with Crippen molar-refractivity contribution in [3.05, 3.63) is 76.9 Å². The third-order valence-electron chi connectivity index (χ3n) is 5.82. The lowest BCUT2D eigenvalue weighted by atomic mass is 10.0. The SMILES string of the molecule is CCc1cccc(CC)c1-n1c[n+]2c(n1)CO[C@H]1Cc3ccccc3[C@H]12. The van der Waals surface area contributed by atoms with E-state index in [9.17, 15) is 0 Å². The van der Waals surface area contributed by atoms with E-state index in [1.54, 1.807) is 0 Å². The summed E-state index contributed by atoms with van der Waals surface area (Å²) in [6, 6.07) is 15.5. The van der Waals surface area contributed by atoms with Crippen LogP contribution in [0.15, 0.2) is 48.8 Å². The van der Waals surface area contributed by atoms with E-state index in [1.807, 2.05) is 0 Å². The Bertz CT molecular complexity index is 953. The smallest absolute Gasteiger partial charge is 0.304 e. The van der Waals surface area contributed by atoms with Gasteiger partial charge in [0, 0.05) is 11.5 Å².